The summed E-state index contributed by atoms with van der Waals surface area (Å²) in [5, 5.41) is 10.3. The lowest BCUT2D eigenvalue weighted by atomic mass is 10.2. The third kappa shape index (κ3) is 2.50. The standard InChI is InChI=1S/C15H10BrNO4/c16-12-3-1-2-11-10(12)6-7-17(14(11)18)8-9-4-5-13(21-9)15(19)20/h1-7H,8H2,(H,19,20). The first-order valence-corrected chi connectivity index (χ1v) is 6.95. The molecule has 1 aromatic carbocycles. The summed E-state index contributed by atoms with van der Waals surface area (Å²) in [6.07, 6.45) is 1.67. The first-order chi connectivity index (χ1) is 10.1. The van der Waals surface area contributed by atoms with Crippen molar-refractivity contribution in [1.82, 2.24) is 4.57 Å². The average Bonchev–Trinajstić information content (AvgIpc) is 2.91. The Morgan fingerprint density at radius 1 is 1.19 bits per heavy atom. The Labute approximate surface area is 127 Å². The molecule has 0 atom stereocenters. The van der Waals surface area contributed by atoms with Crippen molar-refractivity contribution in [1.29, 1.82) is 0 Å². The van der Waals surface area contributed by atoms with Crippen LogP contribution in [0.3, 0.4) is 0 Å². The zero-order valence-electron chi connectivity index (χ0n) is 10.7. The maximum absolute atomic E-state index is 12.4. The quantitative estimate of drug-likeness (QED) is 0.790. The van der Waals surface area contributed by atoms with Crippen molar-refractivity contribution in [3.8, 4) is 0 Å². The van der Waals surface area contributed by atoms with Crippen LogP contribution in [0.25, 0.3) is 10.8 Å². The molecule has 2 heterocycles. The number of halogens is 1. The summed E-state index contributed by atoms with van der Waals surface area (Å²) in [7, 11) is 0. The lowest BCUT2D eigenvalue weighted by Crippen LogP contribution is -2.19. The monoisotopic (exact) mass is 347 g/mol. The van der Waals surface area contributed by atoms with Gasteiger partial charge in [-0.25, -0.2) is 4.79 Å². The number of aromatic carboxylic acids is 1. The Bertz CT molecular complexity index is 894. The molecule has 0 saturated heterocycles. The van der Waals surface area contributed by atoms with Crippen molar-refractivity contribution in [2.24, 2.45) is 0 Å². The van der Waals surface area contributed by atoms with Gasteiger partial charge in [-0.1, -0.05) is 22.0 Å². The molecule has 0 bridgehead atoms. The third-order valence-electron chi connectivity index (χ3n) is 3.16. The smallest absolute Gasteiger partial charge is 0.371 e. The number of furan rings is 1. The minimum atomic E-state index is -1.13. The molecule has 0 saturated carbocycles. The van der Waals surface area contributed by atoms with Crippen LogP contribution in [0.2, 0.25) is 0 Å². The van der Waals surface area contributed by atoms with Gasteiger partial charge in [0.2, 0.25) is 5.76 Å². The summed E-state index contributed by atoms with van der Waals surface area (Å²) in [5.74, 6) is -0.846. The SMILES string of the molecule is O=C(O)c1ccc(Cn2ccc3c(Br)cccc3c2=O)o1. The van der Waals surface area contributed by atoms with Gasteiger partial charge in [0.25, 0.3) is 5.56 Å². The Hall–Kier alpha value is -2.34. The Morgan fingerprint density at radius 2 is 2.00 bits per heavy atom. The number of benzene rings is 1. The number of pyridine rings is 1. The van der Waals surface area contributed by atoms with E-state index in [4.69, 9.17) is 9.52 Å². The van der Waals surface area contributed by atoms with E-state index in [1.165, 1.54) is 10.6 Å². The van der Waals surface area contributed by atoms with E-state index in [9.17, 15) is 9.59 Å². The van der Waals surface area contributed by atoms with Gasteiger partial charge in [0.1, 0.15) is 5.76 Å². The number of nitrogens with zero attached hydrogens (tertiary/aromatic N) is 1. The van der Waals surface area contributed by atoms with E-state index < -0.39 is 5.97 Å². The summed E-state index contributed by atoms with van der Waals surface area (Å²) in [6, 6.07) is 10.2. The van der Waals surface area contributed by atoms with Crippen LogP contribution in [0, 0.1) is 0 Å². The average molecular weight is 348 g/mol. The highest BCUT2D eigenvalue weighted by Gasteiger charge is 2.11. The number of aromatic nitrogens is 1. The van der Waals surface area contributed by atoms with E-state index in [1.807, 2.05) is 12.1 Å². The highest BCUT2D eigenvalue weighted by molar-refractivity contribution is 9.10. The van der Waals surface area contributed by atoms with E-state index in [0.29, 0.717) is 11.1 Å². The normalized spacial score (nSPS) is 10.9. The molecule has 106 valence electrons. The molecular formula is C15H10BrNO4. The van der Waals surface area contributed by atoms with Crippen molar-refractivity contribution in [3.63, 3.8) is 0 Å². The predicted molar refractivity (Wildman–Crippen MR) is 80.7 cm³/mol. The van der Waals surface area contributed by atoms with Crippen LogP contribution in [-0.2, 0) is 6.54 Å². The molecule has 0 amide bonds. The first-order valence-electron chi connectivity index (χ1n) is 6.16. The molecule has 0 fully saturated rings. The fraction of sp³-hybridized carbons (Fsp3) is 0.0667. The van der Waals surface area contributed by atoms with Crippen molar-refractivity contribution >= 4 is 32.7 Å². The molecule has 0 radical (unpaired) electrons. The summed E-state index contributed by atoms with van der Waals surface area (Å²) in [4.78, 5) is 23.2. The van der Waals surface area contributed by atoms with Crippen LogP contribution < -0.4 is 5.56 Å². The maximum atomic E-state index is 12.4. The lowest BCUT2D eigenvalue weighted by Gasteiger charge is -2.06. The first kappa shape index (κ1) is 13.6. The molecule has 3 rings (SSSR count). The molecule has 2 aromatic heterocycles. The zero-order valence-corrected chi connectivity index (χ0v) is 12.3. The molecule has 21 heavy (non-hydrogen) atoms. The third-order valence-corrected chi connectivity index (χ3v) is 3.86. The molecule has 0 aliphatic heterocycles. The van der Waals surface area contributed by atoms with Crippen LogP contribution in [0.1, 0.15) is 16.3 Å². The largest absolute Gasteiger partial charge is 0.475 e. The molecule has 1 N–H and O–H groups in total. The van der Waals surface area contributed by atoms with Gasteiger partial charge in [0.05, 0.1) is 6.54 Å². The predicted octanol–water partition coefficient (Wildman–Crippen LogP) is 3.10. The van der Waals surface area contributed by atoms with Gasteiger partial charge < -0.3 is 14.1 Å². The van der Waals surface area contributed by atoms with Gasteiger partial charge in [-0.3, -0.25) is 4.79 Å². The highest BCUT2D eigenvalue weighted by Crippen LogP contribution is 2.21. The minimum Gasteiger partial charge on any atom is -0.475 e. The second-order valence-corrected chi connectivity index (χ2v) is 5.38. The molecular weight excluding hydrogens is 338 g/mol. The van der Waals surface area contributed by atoms with E-state index in [2.05, 4.69) is 15.9 Å². The van der Waals surface area contributed by atoms with Crippen LogP contribution in [0.5, 0.6) is 0 Å². The van der Waals surface area contributed by atoms with E-state index in [0.717, 1.165) is 9.86 Å². The van der Waals surface area contributed by atoms with Gasteiger partial charge in [0.15, 0.2) is 0 Å². The highest BCUT2D eigenvalue weighted by atomic mass is 79.9. The number of hydrogen-bond acceptors (Lipinski definition) is 3. The van der Waals surface area contributed by atoms with Gasteiger partial charge in [0, 0.05) is 21.4 Å². The molecule has 0 spiro atoms. The minimum absolute atomic E-state index is 0.137. The summed E-state index contributed by atoms with van der Waals surface area (Å²) < 4.78 is 7.51. The number of carboxylic acid groups (broad SMARTS) is 1. The Morgan fingerprint density at radius 3 is 2.71 bits per heavy atom. The molecule has 5 nitrogen and oxygen atoms in total. The zero-order chi connectivity index (χ0) is 15.0. The van der Waals surface area contributed by atoms with Crippen LogP contribution in [0.4, 0.5) is 0 Å². The summed E-state index contributed by atoms with van der Waals surface area (Å²) in [6.45, 7) is 0.189. The fourth-order valence-corrected chi connectivity index (χ4v) is 2.65. The second-order valence-electron chi connectivity index (χ2n) is 4.52. The van der Waals surface area contributed by atoms with Crippen molar-refractivity contribution in [2.45, 2.75) is 6.54 Å². The van der Waals surface area contributed by atoms with E-state index in [1.54, 1.807) is 24.4 Å². The lowest BCUT2D eigenvalue weighted by molar-refractivity contribution is 0.0660. The number of hydrogen-bond donors (Lipinski definition) is 1. The number of rotatable bonds is 3. The van der Waals surface area contributed by atoms with E-state index in [-0.39, 0.29) is 17.9 Å². The Kier molecular flexibility index (Phi) is 3.39. The van der Waals surface area contributed by atoms with E-state index >= 15 is 0 Å². The summed E-state index contributed by atoms with van der Waals surface area (Å²) >= 11 is 3.41. The molecule has 0 unspecified atom stereocenters. The van der Waals surface area contributed by atoms with Gasteiger partial charge >= 0.3 is 5.97 Å². The van der Waals surface area contributed by atoms with Crippen LogP contribution >= 0.6 is 15.9 Å². The van der Waals surface area contributed by atoms with Gasteiger partial charge in [-0.05, 0) is 30.3 Å². The van der Waals surface area contributed by atoms with Gasteiger partial charge in [-0.15, -0.1) is 0 Å². The second kappa shape index (κ2) is 5.21. The fourth-order valence-electron chi connectivity index (χ4n) is 2.15. The molecule has 6 heteroatoms. The topological polar surface area (TPSA) is 72.4 Å². The van der Waals surface area contributed by atoms with Crippen LogP contribution in [0.15, 0.2) is 56.3 Å². The molecule has 0 aliphatic carbocycles. The number of fused-ring (bicyclic) bond motifs is 1. The van der Waals surface area contributed by atoms with Crippen molar-refractivity contribution in [3.05, 3.63) is 68.9 Å². The number of carbonyl (C=O) groups is 1. The Balaban J connectivity index is 2.03. The van der Waals surface area contributed by atoms with Crippen molar-refractivity contribution in [2.75, 3.05) is 0 Å². The molecule has 3 aromatic rings. The molecule has 0 aliphatic rings. The maximum Gasteiger partial charge on any atom is 0.371 e. The van der Waals surface area contributed by atoms with Crippen molar-refractivity contribution < 1.29 is 14.3 Å². The van der Waals surface area contributed by atoms with Gasteiger partial charge in [-0.2, -0.15) is 0 Å². The van der Waals surface area contributed by atoms with Crippen LogP contribution in [-0.4, -0.2) is 15.6 Å². The number of carboxylic acids is 1. The summed E-state index contributed by atoms with van der Waals surface area (Å²) in [5.41, 5.74) is -0.151.